The molecule has 0 aromatic rings. The van der Waals surface area contributed by atoms with Gasteiger partial charge in [-0.15, -0.1) is 0 Å². The van der Waals surface area contributed by atoms with Crippen LogP contribution in [-0.4, -0.2) is 9.85 Å². The molecule has 0 unspecified atom stereocenters. The molecule has 2 aliphatic rings. The Hall–Kier alpha value is -1.72. The Labute approximate surface area is 130 Å². The summed E-state index contributed by atoms with van der Waals surface area (Å²) >= 11 is 0. The molecule has 6 heteroatoms. The Morgan fingerprint density at radius 1 is 0.682 bits per heavy atom. The Kier molecular flexibility index (Phi) is 6.10. The van der Waals surface area contributed by atoms with Crippen molar-refractivity contribution in [1.29, 1.82) is 0 Å². The lowest BCUT2D eigenvalue weighted by Crippen LogP contribution is -2.15. The van der Waals surface area contributed by atoms with Crippen molar-refractivity contribution in [1.82, 2.24) is 0 Å². The summed E-state index contributed by atoms with van der Waals surface area (Å²) in [5, 5.41) is 22.7. The van der Waals surface area contributed by atoms with Gasteiger partial charge in [-0.05, 0) is 37.5 Å². The molecule has 0 atom stereocenters. The number of nitrogens with zero attached hydrogens (tertiary/aromatic N) is 2. The molecule has 0 spiro atoms. The number of nitro groups is 2. The van der Waals surface area contributed by atoms with Crippen molar-refractivity contribution in [2.75, 3.05) is 0 Å². The molecule has 2 fully saturated rings. The van der Waals surface area contributed by atoms with Crippen molar-refractivity contribution in [3.8, 4) is 0 Å². The first kappa shape index (κ1) is 16.6. The maximum Gasteiger partial charge on any atom is 0.342 e. The number of hydrogen-bond donors (Lipinski definition) is 0. The molecular formula is C16H24N2O4. The zero-order valence-electron chi connectivity index (χ0n) is 12.9. The molecule has 2 rings (SSSR count). The second-order valence-corrected chi connectivity index (χ2v) is 6.41. The molecular weight excluding hydrogens is 284 g/mol. The van der Waals surface area contributed by atoms with Gasteiger partial charge in [0.15, 0.2) is 0 Å². The average Bonchev–Trinajstić information content (AvgIpc) is 2.52. The maximum atomic E-state index is 11.4. The third-order valence-electron chi connectivity index (χ3n) is 4.74. The SMILES string of the molecule is O=[N+]([O-])C(=C/C1CCCCC1)/C(=C\C1CCCCC1)[N+](=O)[O-]. The van der Waals surface area contributed by atoms with Crippen molar-refractivity contribution in [2.45, 2.75) is 64.2 Å². The maximum absolute atomic E-state index is 11.4. The summed E-state index contributed by atoms with van der Waals surface area (Å²) in [5.41, 5.74) is -0.607. The van der Waals surface area contributed by atoms with Crippen LogP contribution in [0.5, 0.6) is 0 Å². The number of allylic oxidation sites excluding steroid dienone is 2. The number of hydrogen-bond acceptors (Lipinski definition) is 4. The lowest BCUT2D eigenvalue weighted by molar-refractivity contribution is -0.480. The Bertz CT molecular complexity index is 429. The molecule has 0 amide bonds. The highest BCUT2D eigenvalue weighted by atomic mass is 16.6. The van der Waals surface area contributed by atoms with Gasteiger partial charge in [0.25, 0.3) is 0 Å². The molecule has 6 nitrogen and oxygen atoms in total. The van der Waals surface area contributed by atoms with Gasteiger partial charge in [0, 0.05) is 12.2 Å². The van der Waals surface area contributed by atoms with E-state index in [0.717, 1.165) is 64.2 Å². The Morgan fingerprint density at radius 2 is 1.00 bits per heavy atom. The predicted octanol–water partition coefficient (Wildman–Crippen LogP) is 4.47. The van der Waals surface area contributed by atoms with E-state index in [2.05, 4.69) is 0 Å². The largest absolute Gasteiger partial charge is 0.342 e. The fourth-order valence-electron chi connectivity index (χ4n) is 3.53. The average molecular weight is 308 g/mol. The van der Waals surface area contributed by atoms with Crippen LogP contribution in [0, 0.1) is 32.1 Å². The lowest BCUT2D eigenvalue weighted by Gasteiger charge is -2.18. The summed E-state index contributed by atoms with van der Waals surface area (Å²) in [6.45, 7) is 0. The standard InChI is InChI=1S/C16H24N2O4/c19-17(20)15(11-13-7-3-1-4-8-13)16(18(21)22)12-14-9-5-2-6-10-14/h11-14H,1-10H2/b15-11+,16-12+. The molecule has 0 bridgehead atoms. The first-order valence-corrected chi connectivity index (χ1v) is 8.30. The first-order valence-electron chi connectivity index (χ1n) is 8.30. The van der Waals surface area contributed by atoms with Crippen LogP contribution in [0.25, 0.3) is 0 Å². The highest BCUT2D eigenvalue weighted by Crippen LogP contribution is 2.30. The van der Waals surface area contributed by atoms with Crippen molar-refractivity contribution >= 4 is 0 Å². The van der Waals surface area contributed by atoms with Gasteiger partial charge >= 0.3 is 11.4 Å². The normalized spacial score (nSPS) is 22.5. The van der Waals surface area contributed by atoms with Crippen LogP contribution >= 0.6 is 0 Å². The summed E-state index contributed by atoms with van der Waals surface area (Å²) in [5.74, 6) is 0.202. The summed E-state index contributed by atoms with van der Waals surface area (Å²) in [4.78, 5) is 21.6. The van der Waals surface area contributed by atoms with E-state index in [0.29, 0.717) is 0 Å². The number of rotatable bonds is 5. The Morgan fingerprint density at radius 3 is 1.27 bits per heavy atom. The van der Waals surface area contributed by atoms with Crippen LogP contribution in [0.15, 0.2) is 23.5 Å². The molecule has 122 valence electrons. The van der Waals surface area contributed by atoms with Crippen LogP contribution in [-0.2, 0) is 0 Å². The summed E-state index contributed by atoms with van der Waals surface area (Å²) in [6.07, 6.45) is 13.1. The molecule has 22 heavy (non-hydrogen) atoms. The van der Waals surface area contributed by atoms with Crippen LogP contribution in [0.1, 0.15) is 64.2 Å². The van der Waals surface area contributed by atoms with E-state index in [1.165, 1.54) is 12.2 Å². The third kappa shape index (κ3) is 4.64. The molecule has 0 saturated heterocycles. The van der Waals surface area contributed by atoms with Gasteiger partial charge in [-0.25, -0.2) is 0 Å². The molecule has 0 heterocycles. The van der Waals surface area contributed by atoms with Crippen LogP contribution < -0.4 is 0 Å². The van der Waals surface area contributed by atoms with Crippen LogP contribution in [0.2, 0.25) is 0 Å². The summed E-state index contributed by atoms with van der Waals surface area (Å²) in [7, 11) is 0. The summed E-state index contributed by atoms with van der Waals surface area (Å²) in [6, 6.07) is 0. The minimum Gasteiger partial charge on any atom is -0.258 e. The fraction of sp³-hybridized carbons (Fsp3) is 0.750. The molecule has 2 aliphatic carbocycles. The zero-order valence-corrected chi connectivity index (χ0v) is 12.9. The molecule has 2 saturated carbocycles. The topological polar surface area (TPSA) is 86.3 Å². The molecule has 0 radical (unpaired) electrons. The van der Waals surface area contributed by atoms with Gasteiger partial charge in [0.05, 0.1) is 9.85 Å². The molecule has 0 aliphatic heterocycles. The quantitative estimate of drug-likeness (QED) is 0.426. The fourth-order valence-corrected chi connectivity index (χ4v) is 3.53. The van der Waals surface area contributed by atoms with Crippen LogP contribution in [0.3, 0.4) is 0 Å². The highest BCUT2D eigenvalue weighted by molar-refractivity contribution is 5.20. The van der Waals surface area contributed by atoms with E-state index in [9.17, 15) is 20.2 Å². The molecule has 0 N–H and O–H groups in total. The Balaban J connectivity index is 2.24. The zero-order chi connectivity index (χ0) is 15.9. The van der Waals surface area contributed by atoms with E-state index in [1.807, 2.05) is 0 Å². The van der Waals surface area contributed by atoms with E-state index in [4.69, 9.17) is 0 Å². The molecule has 0 aromatic heterocycles. The van der Waals surface area contributed by atoms with Gasteiger partial charge in [0.2, 0.25) is 0 Å². The minimum atomic E-state index is -0.577. The highest BCUT2D eigenvalue weighted by Gasteiger charge is 2.31. The lowest BCUT2D eigenvalue weighted by atomic mass is 9.87. The van der Waals surface area contributed by atoms with Gasteiger partial charge in [-0.3, -0.25) is 20.2 Å². The smallest absolute Gasteiger partial charge is 0.258 e. The minimum absolute atomic E-state index is 0.101. The van der Waals surface area contributed by atoms with E-state index >= 15 is 0 Å². The van der Waals surface area contributed by atoms with Crippen LogP contribution in [0.4, 0.5) is 0 Å². The van der Waals surface area contributed by atoms with Gasteiger partial charge in [-0.2, -0.15) is 0 Å². The van der Waals surface area contributed by atoms with Gasteiger partial charge < -0.3 is 0 Å². The second-order valence-electron chi connectivity index (χ2n) is 6.41. The summed E-state index contributed by atoms with van der Waals surface area (Å²) < 4.78 is 0. The first-order chi connectivity index (χ1) is 10.6. The van der Waals surface area contributed by atoms with Crippen molar-refractivity contribution < 1.29 is 9.85 Å². The van der Waals surface area contributed by atoms with Gasteiger partial charge in [0.1, 0.15) is 0 Å². The van der Waals surface area contributed by atoms with Crippen molar-refractivity contribution in [3.63, 3.8) is 0 Å². The third-order valence-corrected chi connectivity index (χ3v) is 4.74. The van der Waals surface area contributed by atoms with Gasteiger partial charge in [-0.1, -0.05) is 38.5 Å². The van der Waals surface area contributed by atoms with Crippen molar-refractivity contribution in [3.05, 3.63) is 43.8 Å². The van der Waals surface area contributed by atoms with E-state index in [1.54, 1.807) is 0 Å². The second kappa shape index (κ2) is 8.06. The van der Waals surface area contributed by atoms with E-state index in [-0.39, 0.29) is 23.2 Å². The monoisotopic (exact) mass is 308 g/mol. The molecule has 0 aromatic carbocycles. The van der Waals surface area contributed by atoms with Crippen molar-refractivity contribution in [2.24, 2.45) is 11.8 Å². The van der Waals surface area contributed by atoms with E-state index < -0.39 is 9.85 Å². The predicted molar refractivity (Wildman–Crippen MR) is 83.3 cm³/mol.